The lowest BCUT2D eigenvalue weighted by Crippen LogP contribution is -2.41. The summed E-state index contributed by atoms with van der Waals surface area (Å²) in [7, 11) is 0. The molecule has 2 rings (SSSR count). The predicted molar refractivity (Wildman–Crippen MR) is 66.6 cm³/mol. The average molecular weight is 244 g/mol. The van der Waals surface area contributed by atoms with E-state index < -0.39 is 0 Å². The highest BCUT2D eigenvalue weighted by Gasteiger charge is 2.52. The molecule has 2 aliphatic rings. The number of rotatable bonds is 4. The van der Waals surface area contributed by atoms with Gasteiger partial charge in [0.1, 0.15) is 0 Å². The molecule has 16 heavy (non-hydrogen) atoms. The van der Waals surface area contributed by atoms with Crippen LogP contribution in [0.2, 0.25) is 0 Å². The van der Waals surface area contributed by atoms with Crippen LogP contribution in [0.15, 0.2) is 0 Å². The molecule has 0 aliphatic heterocycles. The molecule has 3 heteroatoms. The fraction of sp³-hybridized carbons (Fsp3) is 0.923. The van der Waals surface area contributed by atoms with Gasteiger partial charge in [0.2, 0.25) is 5.91 Å². The second-order valence-corrected chi connectivity index (χ2v) is 6.28. The number of halogens is 1. The van der Waals surface area contributed by atoms with E-state index in [1.54, 1.807) is 0 Å². The minimum absolute atomic E-state index is 0.236. The van der Waals surface area contributed by atoms with E-state index in [0.717, 1.165) is 13.0 Å². The van der Waals surface area contributed by atoms with E-state index in [0.29, 0.717) is 17.8 Å². The Morgan fingerprint density at radius 3 is 2.38 bits per heavy atom. The molecule has 0 aromatic heterocycles. The normalized spacial score (nSPS) is 28.1. The van der Waals surface area contributed by atoms with Gasteiger partial charge in [-0.2, -0.15) is 0 Å². The summed E-state index contributed by atoms with van der Waals surface area (Å²) in [5.41, 5.74) is 0.236. The second-order valence-electron chi connectivity index (χ2n) is 5.90. The second kappa shape index (κ2) is 4.56. The maximum atomic E-state index is 12.4. The van der Waals surface area contributed by atoms with Gasteiger partial charge in [0.05, 0.1) is 0 Å². The monoisotopic (exact) mass is 243 g/mol. The van der Waals surface area contributed by atoms with Crippen LogP contribution in [0.3, 0.4) is 0 Å². The van der Waals surface area contributed by atoms with Gasteiger partial charge in [0.25, 0.3) is 0 Å². The molecular weight excluding hydrogens is 222 g/mol. The molecular formula is C13H22ClNO. The van der Waals surface area contributed by atoms with E-state index in [4.69, 9.17) is 11.6 Å². The first-order valence-corrected chi connectivity index (χ1v) is 6.96. The van der Waals surface area contributed by atoms with Gasteiger partial charge in [-0.05, 0) is 24.7 Å². The van der Waals surface area contributed by atoms with E-state index in [-0.39, 0.29) is 11.3 Å². The van der Waals surface area contributed by atoms with Crippen molar-refractivity contribution >= 4 is 17.5 Å². The SMILES string of the molecule is CC1(C)CC1C(=O)N(CCCl)C1CCCC1. The Bertz CT molecular complexity index is 271. The molecule has 0 saturated heterocycles. The van der Waals surface area contributed by atoms with Crippen LogP contribution < -0.4 is 0 Å². The summed E-state index contributed by atoms with van der Waals surface area (Å²) in [6, 6.07) is 0.475. The molecule has 0 aromatic rings. The maximum Gasteiger partial charge on any atom is 0.226 e. The summed E-state index contributed by atoms with van der Waals surface area (Å²) >= 11 is 5.82. The Labute approximate surface area is 103 Å². The van der Waals surface area contributed by atoms with E-state index in [9.17, 15) is 4.79 Å². The van der Waals surface area contributed by atoms with E-state index in [1.165, 1.54) is 25.7 Å². The zero-order valence-corrected chi connectivity index (χ0v) is 11.1. The van der Waals surface area contributed by atoms with Crippen molar-refractivity contribution in [1.82, 2.24) is 4.90 Å². The highest BCUT2D eigenvalue weighted by atomic mass is 35.5. The van der Waals surface area contributed by atoms with Gasteiger partial charge in [-0.15, -0.1) is 11.6 Å². The molecule has 0 N–H and O–H groups in total. The molecule has 2 saturated carbocycles. The van der Waals surface area contributed by atoms with E-state index in [2.05, 4.69) is 18.7 Å². The molecule has 0 heterocycles. The quantitative estimate of drug-likeness (QED) is 0.695. The molecule has 1 atom stereocenters. The van der Waals surface area contributed by atoms with Crippen LogP contribution in [-0.2, 0) is 4.79 Å². The lowest BCUT2D eigenvalue weighted by molar-refractivity contribution is -0.135. The average Bonchev–Trinajstić information content (AvgIpc) is 2.70. The number of carbonyl (C=O) groups is 1. The van der Waals surface area contributed by atoms with Gasteiger partial charge in [0.15, 0.2) is 0 Å². The zero-order valence-electron chi connectivity index (χ0n) is 10.3. The standard InChI is InChI=1S/C13H22ClNO/c1-13(2)9-11(13)12(16)15(8-7-14)10-5-3-4-6-10/h10-11H,3-9H2,1-2H3. The van der Waals surface area contributed by atoms with Crippen molar-refractivity contribution in [3.63, 3.8) is 0 Å². The lowest BCUT2D eigenvalue weighted by Gasteiger charge is -2.29. The fourth-order valence-electron chi connectivity index (χ4n) is 2.87. The summed E-state index contributed by atoms with van der Waals surface area (Å²) in [6.07, 6.45) is 5.94. The Kier molecular flexibility index (Phi) is 3.48. The van der Waals surface area contributed by atoms with Crippen LogP contribution in [0.25, 0.3) is 0 Å². The number of alkyl halides is 1. The first kappa shape index (κ1) is 12.2. The van der Waals surface area contributed by atoms with Gasteiger partial charge in [0, 0.05) is 24.4 Å². The molecule has 2 aliphatic carbocycles. The Morgan fingerprint density at radius 1 is 1.38 bits per heavy atom. The largest absolute Gasteiger partial charge is 0.338 e. The lowest BCUT2D eigenvalue weighted by atomic mass is 10.1. The van der Waals surface area contributed by atoms with Crippen molar-refractivity contribution in [3.05, 3.63) is 0 Å². The summed E-state index contributed by atoms with van der Waals surface area (Å²) in [4.78, 5) is 14.4. The van der Waals surface area contributed by atoms with Crippen LogP contribution >= 0.6 is 11.6 Å². The Balaban J connectivity index is 1.98. The smallest absolute Gasteiger partial charge is 0.226 e. The minimum atomic E-state index is 0.236. The van der Waals surface area contributed by atoms with Gasteiger partial charge < -0.3 is 4.90 Å². The predicted octanol–water partition coefficient (Wildman–Crippen LogP) is 3.04. The van der Waals surface area contributed by atoms with Gasteiger partial charge in [-0.1, -0.05) is 26.7 Å². The highest BCUT2D eigenvalue weighted by molar-refractivity contribution is 6.18. The Hall–Kier alpha value is -0.240. The molecule has 0 radical (unpaired) electrons. The third-order valence-electron chi connectivity index (χ3n) is 4.19. The molecule has 0 aromatic carbocycles. The zero-order chi connectivity index (χ0) is 11.8. The van der Waals surface area contributed by atoms with Crippen molar-refractivity contribution in [2.45, 2.75) is 52.0 Å². The van der Waals surface area contributed by atoms with E-state index >= 15 is 0 Å². The first-order valence-electron chi connectivity index (χ1n) is 6.43. The number of carbonyl (C=O) groups excluding carboxylic acids is 1. The van der Waals surface area contributed by atoms with Gasteiger partial charge in [-0.25, -0.2) is 0 Å². The van der Waals surface area contributed by atoms with Crippen molar-refractivity contribution in [2.75, 3.05) is 12.4 Å². The summed E-state index contributed by atoms with van der Waals surface area (Å²) in [5, 5.41) is 0. The van der Waals surface area contributed by atoms with Crippen molar-refractivity contribution in [3.8, 4) is 0 Å². The van der Waals surface area contributed by atoms with Crippen molar-refractivity contribution < 1.29 is 4.79 Å². The molecule has 1 amide bonds. The van der Waals surface area contributed by atoms with Crippen LogP contribution in [-0.4, -0.2) is 29.3 Å². The maximum absolute atomic E-state index is 12.4. The minimum Gasteiger partial charge on any atom is -0.338 e. The molecule has 0 spiro atoms. The molecule has 92 valence electrons. The third-order valence-corrected chi connectivity index (χ3v) is 4.35. The topological polar surface area (TPSA) is 20.3 Å². The highest BCUT2D eigenvalue weighted by Crippen LogP contribution is 2.52. The van der Waals surface area contributed by atoms with Crippen LogP contribution in [0.1, 0.15) is 46.0 Å². The summed E-state index contributed by atoms with van der Waals surface area (Å²) in [6.45, 7) is 5.10. The number of hydrogen-bond acceptors (Lipinski definition) is 1. The fourth-order valence-corrected chi connectivity index (χ4v) is 3.05. The van der Waals surface area contributed by atoms with E-state index in [1.807, 2.05) is 0 Å². The number of nitrogens with zero attached hydrogens (tertiary/aromatic N) is 1. The van der Waals surface area contributed by atoms with Crippen LogP contribution in [0.5, 0.6) is 0 Å². The van der Waals surface area contributed by atoms with Gasteiger partial charge in [-0.3, -0.25) is 4.79 Å². The molecule has 1 unspecified atom stereocenters. The number of hydrogen-bond donors (Lipinski definition) is 0. The Morgan fingerprint density at radius 2 is 1.94 bits per heavy atom. The third kappa shape index (κ3) is 2.37. The molecule has 0 bridgehead atoms. The molecule has 2 nitrogen and oxygen atoms in total. The van der Waals surface area contributed by atoms with Crippen molar-refractivity contribution in [2.24, 2.45) is 11.3 Å². The summed E-state index contributed by atoms with van der Waals surface area (Å²) < 4.78 is 0. The first-order chi connectivity index (χ1) is 7.56. The summed E-state index contributed by atoms with van der Waals surface area (Å²) in [5.74, 6) is 1.18. The van der Waals surface area contributed by atoms with Gasteiger partial charge >= 0.3 is 0 Å². The van der Waals surface area contributed by atoms with Crippen LogP contribution in [0, 0.1) is 11.3 Å². The van der Waals surface area contributed by atoms with Crippen LogP contribution in [0.4, 0.5) is 0 Å². The number of amides is 1. The molecule has 2 fully saturated rings. The van der Waals surface area contributed by atoms with Crippen molar-refractivity contribution in [1.29, 1.82) is 0 Å².